The Morgan fingerprint density at radius 2 is 1.71 bits per heavy atom. The van der Waals surface area contributed by atoms with Crippen LogP contribution in [-0.2, 0) is 9.59 Å². The van der Waals surface area contributed by atoms with Crippen LogP contribution in [0.1, 0.15) is 67.3 Å². The lowest BCUT2D eigenvalue weighted by molar-refractivity contribution is -0.143. The van der Waals surface area contributed by atoms with Crippen LogP contribution in [0.4, 0.5) is 0 Å². The molecule has 2 saturated carbocycles. The van der Waals surface area contributed by atoms with Crippen LogP contribution in [0.25, 0.3) is 22.3 Å². The molecule has 292 valence electrons. The molecule has 2 atom stereocenters. The molecule has 56 heavy (non-hydrogen) atoms. The van der Waals surface area contributed by atoms with Crippen molar-refractivity contribution in [3.8, 4) is 40.0 Å². The Kier molecular flexibility index (Phi) is 9.59. The van der Waals surface area contributed by atoms with E-state index in [1.807, 2.05) is 30.3 Å². The van der Waals surface area contributed by atoms with E-state index in [4.69, 9.17) is 28.8 Å². The lowest BCUT2D eigenvalue weighted by atomic mass is 9.73. The van der Waals surface area contributed by atoms with Crippen LogP contribution >= 0.6 is 0 Å². The van der Waals surface area contributed by atoms with Gasteiger partial charge in [-0.15, -0.1) is 0 Å². The number of hydrogen-bond donors (Lipinski definition) is 2. The lowest BCUT2D eigenvalue weighted by Crippen LogP contribution is -2.53. The summed E-state index contributed by atoms with van der Waals surface area (Å²) >= 11 is 0. The minimum atomic E-state index is -0.440. The van der Waals surface area contributed by atoms with Gasteiger partial charge in [0.2, 0.25) is 18.6 Å². The van der Waals surface area contributed by atoms with E-state index in [2.05, 4.69) is 20.3 Å². The third-order valence-corrected chi connectivity index (χ3v) is 11.7. The summed E-state index contributed by atoms with van der Waals surface area (Å²) in [6, 6.07) is 9.34. The predicted molar refractivity (Wildman–Crippen MR) is 204 cm³/mol. The van der Waals surface area contributed by atoms with Crippen molar-refractivity contribution >= 4 is 34.5 Å². The highest BCUT2D eigenvalue weighted by Crippen LogP contribution is 2.48. The summed E-state index contributed by atoms with van der Waals surface area (Å²) in [5.74, 6) is 2.89. The van der Waals surface area contributed by atoms with Gasteiger partial charge in [-0.05, 0) is 74.8 Å². The maximum atomic E-state index is 13.9. The van der Waals surface area contributed by atoms with Crippen molar-refractivity contribution < 1.29 is 38.1 Å². The Hall–Kier alpha value is -5.86. The van der Waals surface area contributed by atoms with E-state index in [9.17, 15) is 14.4 Å². The zero-order chi connectivity index (χ0) is 38.3. The molecule has 2 aromatic heterocycles. The topological polar surface area (TPSA) is 170 Å². The van der Waals surface area contributed by atoms with Crippen LogP contribution in [0.3, 0.4) is 0 Å². The van der Waals surface area contributed by atoms with Crippen LogP contribution in [-0.4, -0.2) is 102 Å². The first kappa shape index (κ1) is 35.8. The predicted octanol–water partition coefficient (Wildman–Crippen LogP) is 4.93. The largest absolute Gasteiger partial charge is 0.493 e. The Balaban J connectivity index is 0.867. The van der Waals surface area contributed by atoms with Crippen molar-refractivity contribution in [3.05, 3.63) is 54.0 Å². The number of amides is 3. The van der Waals surface area contributed by atoms with Gasteiger partial charge in [0.15, 0.2) is 23.0 Å². The van der Waals surface area contributed by atoms with Gasteiger partial charge >= 0.3 is 0 Å². The Labute approximate surface area is 323 Å². The monoisotopic (exact) mass is 763 g/mol. The van der Waals surface area contributed by atoms with Gasteiger partial charge in [-0.3, -0.25) is 14.4 Å². The van der Waals surface area contributed by atoms with E-state index in [1.165, 1.54) is 6.33 Å². The molecule has 3 aliphatic heterocycles. The van der Waals surface area contributed by atoms with E-state index in [0.717, 1.165) is 49.8 Å². The van der Waals surface area contributed by atoms with Crippen LogP contribution in [0.15, 0.2) is 48.0 Å². The summed E-state index contributed by atoms with van der Waals surface area (Å²) in [5.41, 5.74) is 4.21. The summed E-state index contributed by atoms with van der Waals surface area (Å²) in [7, 11) is 3.22. The van der Waals surface area contributed by atoms with Crippen LogP contribution in [0, 0.1) is 17.8 Å². The first-order valence-corrected chi connectivity index (χ1v) is 19.5. The number of aromatic nitrogens is 3. The summed E-state index contributed by atoms with van der Waals surface area (Å²) in [5, 5.41) is 9.52. The molecule has 15 heteroatoms. The summed E-state index contributed by atoms with van der Waals surface area (Å²) in [6.07, 6.45) is 10.3. The number of methoxy groups -OCH3 is 2. The zero-order valence-corrected chi connectivity index (χ0v) is 31.5. The highest BCUT2D eigenvalue weighted by atomic mass is 16.7. The van der Waals surface area contributed by atoms with Gasteiger partial charge in [0.25, 0.3) is 5.91 Å². The van der Waals surface area contributed by atoms with Gasteiger partial charge in [0.1, 0.15) is 23.3 Å². The van der Waals surface area contributed by atoms with Crippen molar-refractivity contribution in [1.29, 1.82) is 0 Å². The van der Waals surface area contributed by atoms with Crippen molar-refractivity contribution in [2.75, 3.05) is 47.3 Å². The highest BCUT2D eigenvalue weighted by molar-refractivity contribution is 6.09. The summed E-state index contributed by atoms with van der Waals surface area (Å²) in [4.78, 5) is 54.8. The molecular formula is C41H45N7O8. The molecule has 9 rings (SSSR count). The van der Waals surface area contributed by atoms with Crippen molar-refractivity contribution in [2.45, 2.75) is 57.4 Å². The van der Waals surface area contributed by atoms with E-state index < -0.39 is 5.91 Å². The molecule has 0 unspecified atom stereocenters. The number of piperidine rings is 1. The number of H-pyrrole nitrogens is 1. The number of hydrogen-bond acceptors (Lipinski definition) is 11. The lowest BCUT2D eigenvalue weighted by Gasteiger charge is -2.43. The second kappa shape index (κ2) is 15.0. The first-order chi connectivity index (χ1) is 27.4. The van der Waals surface area contributed by atoms with Gasteiger partial charge in [0.05, 0.1) is 55.8 Å². The fraction of sp³-hybridized carbons (Fsp3) is 0.463. The first-order valence-electron chi connectivity index (χ1n) is 19.5. The Morgan fingerprint density at radius 1 is 0.929 bits per heavy atom. The normalized spacial score (nSPS) is 20.8. The molecule has 3 amide bonds. The number of likely N-dealkylation sites (tertiary alicyclic amines) is 1. The third-order valence-electron chi connectivity index (χ3n) is 11.7. The van der Waals surface area contributed by atoms with Gasteiger partial charge in [-0.1, -0.05) is 12.8 Å². The minimum absolute atomic E-state index is 0.0529. The molecule has 5 aliphatic rings. The SMILES string of the molecule is COc1ccc(C2=NN(C3CCN(C(=O)CNC(=O)c4c[nH]c5c(-c6c(OCC7CC7)ccc7c6OCO7)ncnc45)CC3)C(=O)[C@@H]3CCCC[C@H]23)cc1OC. The molecule has 5 heterocycles. The molecule has 4 aromatic rings. The second-order valence-corrected chi connectivity index (χ2v) is 15.1. The number of nitrogens with zero attached hydrogens (tertiary/aromatic N) is 5. The average molecular weight is 764 g/mol. The molecule has 15 nitrogen and oxygen atoms in total. The minimum Gasteiger partial charge on any atom is -0.493 e. The molecule has 3 fully saturated rings. The van der Waals surface area contributed by atoms with Crippen LogP contribution < -0.4 is 29.0 Å². The molecule has 2 N–H and O–H groups in total. The fourth-order valence-electron chi connectivity index (χ4n) is 8.51. The summed E-state index contributed by atoms with van der Waals surface area (Å²) < 4.78 is 28.7. The van der Waals surface area contributed by atoms with Gasteiger partial charge in [-0.2, -0.15) is 5.10 Å². The molecule has 2 aromatic carbocycles. The van der Waals surface area contributed by atoms with Crippen LogP contribution in [0.5, 0.6) is 28.7 Å². The van der Waals surface area contributed by atoms with Crippen molar-refractivity contribution in [2.24, 2.45) is 22.9 Å². The number of hydrazone groups is 1. The van der Waals surface area contributed by atoms with E-state index in [0.29, 0.717) is 89.5 Å². The number of ether oxygens (including phenoxy) is 5. The van der Waals surface area contributed by atoms with E-state index in [1.54, 1.807) is 30.3 Å². The second-order valence-electron chi connectivity index (χ2n) is 15.1. The highest BCUT2D eigenvalue weighted by Gasteiger charge is 2.44. The Morgan fingerprint density at radius 3 is 2.50 bits per heavy atom. The molecule has 1 saturated heterocycles. The Bertz CT molecular complexity index is 2210. The van der Waals surface area contributed by atoms with E-state index in [-0.39, 0.29) is 48.6 Å². The molecule has 0 radical (unpaired) electrons. The number of aromatic amines is 1. The van der Waals surface area contributed by atoms with Crippen molar-refractivity contribution in [1.82, 2.24) is 30.2 Å². The van der Waals surface area contributed by atoms with Gasteiger partial charge in [-0.25, -0.2) is 15.0 Å². The molecule has 0 bridgehead atoms. The molecular weight excluding hydrogens is 718 g/mol. The number of carbonyl (C=O) groups is 3. The smallest absolute Gasteiger partial charge is 0.255 e. The number of benzene rings is 2. The van der Waals surface area contributed by atoms with E-state index >= 15 is 0 Å². The standard InChI is InChI=1S/C41H45N7O8/c1-52-29-10-9-24(17-32(29)53-2)35-26-5-3-4-6-27(26)41(51)48(46-35)25-13-15-47(16-14-25)33(49)19-43-40(50)28-18-42-38-36(28)44-21-45-37(38)34-30(54-20-23-7-8-23)11-12-31-39(34)56-22-55-31/h9-12,17-18,21,23,25-27,42H,3-8,13-16,19-20,22H2,1-2H3,(H,43,50)/t26-,27+/m0/s1. The van der Waals surface area contributed by atoms with Crippen LogP contribution in [0.2, 0.25) is 0 Å². The number of carbonyl (C=O) groups excluding carboxylic acids is 3. The van der Waals surface area contributed by atoms with Crippen molar-refractivity contribution in [3.63, 3.8) is 0 Å². The summed E-state index contributed by atoms with van der Waals surface area (Å²) in [6.45, 7) is 1.39. The molecule has 0 spiro atoms. The maximum Gasteiger partial charge on any atom is 0.255 e. The maximum absolute atomic E-state index is 13.9. The quantitative estimate of drug-likeness (QED) is 0.214. The third kappa shape index (κ3) is 6.62. The van der Waals surface area contributed by atoms with Gasteiger partial charge in [0, 0.05) is 36.7 Å². The molecule has 2 aliphatic carbocycles. The number of rotatable bonds is 11. The van der Waals surface area contributed by atoms with Gasteiger partial charge < -0.3 is 38.9 Å². The number of nitrogens with one attached hydrogen (secondary N) is 2. The average Bonchev–Trinajstić information content (AvgIpc) is 3.76. The zero-order valence-electron chi connectivity index (χ0n) is 31.5. The number of fused-ring (bicyclic) bond motifs is 3. The fourth-order valence-corrected chi connectivity index (χ4v) is 8.51.